The van der Waals surface area contributed by atoms with Crippen LogP contribution in [0.2, 0.25) is 0 Å². The Morgan fingerprint density at radius 1 is 1.29 bits per heavy atom. The number of hydrogen-bond acceptors (Lipinski definition) is 0. The molecule has 0 amide bonds. The summed E-state index contributed by atoms with van der Waals surface area (Å²) in [6.45, 7) is 0. The topological polar surface area (TPSA) is 0 Å². The molecule has 0 spiro atoms. The van der Waals surface area contributed by atoms with Crippen molar-refractivity contribution in [1.82, 2.24) is 0 Å². The smallest absolute Gasteiger partial charge is 1.00 e. The molecule has 1 unspecified atom stereocenters. The fourth-order valence-corrected chi connectivity index (χ4v) is 0. The summed E-state index contributed by atoms with van der Waals surface area (Å²) in [5.74, 6) is 0. The van der Waals surface area contributed by atoms with E-state index in [4.69, 9.17) is 0 Å². The van der Waals surface area contributed by atoms with Crippen LogP contribution in [0.1, 0.15) is 2.85 Å². The van der Waals surface area contributed by atoms with Crippen LogP contribution in [-0.4, -0.2) is 45.3 Å². The average molecular weight is 326 g/mol. The zero-order valence-electron chi connectivity index (χ0n) is 5.60. The Kier molecular flexibility index (Phi) is 324. The first-order valence-electron chi connectivity index (χ1n) is 0.333. The predicted octanol–water partition coefficient (Wildman–Crippen LogP) is -0.221. The molecule has 0 N–H and O–H groups in total. The molecular formula is H4BCaCuFeMnPZn. The van der Waals surface area contributed by atoms with E-state index in [9.17, 15) is 0 Å². The van der Waals surface area contributed by atoms with Gasteiger partial charge in [-0.25, -0.2) is 0 Å². The molecule has 0 aromatic carbocycles. The second-order valence-corrected chi connectivity index (χ2v) is 0. The Hall–Kier alpha value is 3.94. The van der Waals surface area contributed by atoms with Crippen LogP contribution in [0.15, 0.2) is 0 Å². The van der Waals surface area contributed by atoms with E-state index in [1.54, 1.807) is 0 Å². The second kappa shape index (κ2) is 51.2. The van der Waals surface area contributed by atoms with E-state index >= 15 is 0 Å². The summed E-state index contributed by atoms with van der Waals surface area (Å²) in [6, 6.07) is 0. The van der Waals surface area contributed by atoms with Gasteiger partial charge in [0.05, 0.1) is 7.57 Å². The van der Waals surface area contributed by atoms with Gasteiger partial charge in [0.1, 0.15) is 0 Å². The Morgan fingerprint density at radius 2 is 1.29 bits per heavy atom. The maximum Gasteiger partial charge on any atom is 2.00 e. The van der Waals surface area contributed by atoms with Crippen LogP contribution in [0.25, 0.3) is 0 Å². The third-order valence-electron chi connectivity index (χ3n) is 0. The summed E-state index contributed by atoms with van der Waals surface area (Å²) in [6.07, 6.45) is 0. The molecule has 1 atom stereocenters. The van der Waals surface area contributed by atoms with Crippen LogP contribution >= 0.6 is 9.12 Å². The molecule has 0 rings (SSSR count). The van der Waals surface area contributed by atoms with E-state index in [1.165, 1.54) is 0 Å². The van der Waals surface area contributed by atoms with Crippen molar-refractivity contribution in [1.29, 1.82) is 0 Å². The van der Waals surface area contributed by atoms with Crippen molar-refractivity contribution in [2.75, 3.05) is 0 Å². The molecule has 0 aliphatic heterocycles. The molecule has 42 valence electrons. The first-order chi connectivity index (χ1) is 1.00. The van der Waals surface area contributed by atoms with Crippen molar-refractivity contribution in [2.24, 2.45) is 0 Å². The molecule has 0 bridgehead atoms. The zero-order valence-corrected chi connectivity index (χ0v) is 13.2. The standard InChI is InChI=1S/BH2P.Ca.Cu.Fe.Mn.Zn.2H/c1-2;;;;;;;/h2H2;;;;;;;/q;+2;;;;;2*-1. The molecule has 7 heteroatoms. The van der Waals surface area contributed by atoms with Gasteiger partial charge >= 0.3 is 37.7 Å². The molecule has 0 saturated carbocycles. The summed E-state index contributed by atoms with van der Waals surface area (Å²) in [4.78, 5) is 0. The maximum absolute atomic E-state index is 4.42. The van der Waals surface area contributed by atoms with Gasteiger partial charge in [-0.15, -0.1) is 0 Å². The van der Waals surface area contributed by atoms with Gasteiger partial charge in [-0.05, 0) is 0 Å². The molecule has 7 heavy (non-hydrogen) atoms. The van der Waals surface area contributed by atoms with Crippen molar-refractivity contribution in [3.63, 3.8) is 0 Å². The van der Waals surface area contributed by atoms with Crippen molar-refractivity contribution in [2.45, 2.75) is 0 Å². The van der Waals surface area contributed by atoms with Gasteiger partial charge in [0.15, 0.2) is 0 Å². The van der Waals surface area contributed by atoms with E-state index in [2.05, 4.69) is 7.57 Å². The van der Waals surface area contributed by atoms with Gasteiger partial charge in [0.25, 0.3) is 0 Å². The molecule has 0 aliphatic rings. The summed E-state index contributed by atoms with van der Waals surface area (Å²) < 4.78 is 0. The van der Waals surface area contributed by atoms with Crippen LogP contribution in [0.3, 0.4) is 0 Å². The van der Waals surface area contributed by atoms with Crippen LogP contribution in [0.5, 0.6) is 0 Å². The van der Waals surface area contributed by atoms with Crippen molar-refractivity contribution >= 4 is 54.4 Å². The maximum atomic E-state index is 4.42. The van der Waals surface area contributed by atoms with Crippen molar-refractivity contribution < 1.29 is 73.5 Å². The Labute approximate surface area is 126 Å². The van der Waals surface area contributed by atoms with Crippen LogP contribution < -0.4 is 0 Å². The summed E-state index contributed by atoms with van der Waals surface area (Å²) in [7, 11) is 6.33. The normalized spacial score (nSPS) is 0.714. The molecule has 0 nitrogen and oxygen atoms in total. The zero-order chi connectivity index (χ0) is 2.00. The average Bonchev–Trinajstić information content (AvgIpc) is 1.00. The summed E-state index contributed by atoms with van der Waals surface area (Å²) >= 11 is 0. The fourth-order valence-electron chi connectivity index (χ4n) is 0. The molecule has 0 heterocycles. The third-order valence-corrected chi connectivity index (χ3v) is 0. The van der Waals surface area contributed by atoms with Crippen molar-refractivity contribution in [3.8, 4) is 0 Å². The van der Waals surface area contributed by atoms with Gasteiger partial charge in [0.2, 0.25) is 0 Å². The first-order valence-corrected chi connectivity index (χ1v) is 1.00. The Balaban J connectivity index is -0.000000000238. The largest absolute Gasteiger partial charge is 2.00 e. The monoisotopic (exact) mass is 324 g/mol. The first kappa shape index (κ1) is 44.3. The third kappa shape index (κ3) is 40.4. The second-order valence-electron chi connectivity index (χ2n) is 0. The molecule has 4 radical (unpaired) electrons. The van der Waals surface area contributed by atoms with Gasteiger partial charge in [-0.3, -0.25) is 0 Å². The van der Waals surface area contributed by atoms with E-state index in [1.807, 2.05) is 9.12 Å². The number of rotatable bonds is 0. The minimum Gasteiger partial charge on any atom is -1.00 e. The molecule has 0 saturated heterocycles. The summed E-state index contributed by atoms with van der Waals surface area (Å²) in [5.41, 5.74) is 0. The minimum atomic E-state index is 0. The molecular weight excluding hydrogens is 322 g/mol. The van der Waals surface area contributed by atoms with Crippen LogP contribution in [-0.2, 0) is 70.7 Å². The van der Waals surface area contributed by atoms with Crippen LogP contribution in [0, 0.1) is 0 Å². The van der Waals surface area contributed by atoms with Gasteiger partial charge < -0.3 is 2.85 Å². The minimum absolute atomic E-state index is 0. The van der Waals surface area contributed by atoms with E-state index in [0.717, 1.165) is 0 Å². The van der Waals surface area contributed by atoms with Gasteiger partial charge in [-0.1, -0.05) is 0 Å². The molecule has 0 aromatic heterocycles. The quantitative estimate of drug-likeness (QED) is 0.427. The SMILES string of the molecule is [B]P.[Ca+2].[Cu].[Fe].[H-].[H-].[Mn].[Zn]. The van der Waals surface area contributed by atoms with E-state index in [-0.39, 0.29) is 111 Å². The van der Waals surface area contributed by atoms with E-state index < -0.39 is 0 Å². The van der Waals surface area contributed by atoms with E-state index in [0.29, 0.717) is 0 Å². The molecule has 0 aromatic rings. The predicted molar refractivity (Wildman–Crippen MR) is 23.4 cm³/mol. The molecule has 0 fully saturated rings. The summed E-state index contributed by atoms with van der Waals surface area (Å²) in [5, 5.41) is 0. The fraction of sp³-hybridized carbons (Fsp3) is 0. The number of hydrogen-bond donors (Lipinski definition) is 0. The van der Waals surface area contributed by atoms with Gasteiger partial charge in [0, 0.05) is 70.7 Å². The van der Waals surface area contributed by atoms with Crippen LogP contribution in [0.4, 0.5) is 0 Å². The van der Waals surface area contributed by atoms with Crippen molar-refractivity contribution in [3.05, 3.63) is 0 Å². The Bertz CT molecular complexity index is 26.5. The molecule has 0 aliphatic carbocycles. The Morgan fingerprint density at radius 3 is 1.29 bits per heavy atom. The van der Waals surface area contributed by atoms with Gasteiger partial charge in [-0.2, -0.15) is 9.12 Å².